The van der Waals surface area contributed by atoms with Crippen molar-refractivity contribution in [1.29, 1.82) is 0 Å². The smallest absolute Gasteiger partial charge is 0.412 e. The predicted octanol–water partition coefficient (Wildman–Crippen LogP) is 4.33. The number of halogens is 1. The van der Waals surface area contributed by atoms with E-state index in [0.717, 1.165) is 0 Å². The van der Waals surface area contributed by atoms with Crippen molar-refractivity contribution in [2.45, 2.75) is 52.7 Å². The monoisotopic (exact) mass is 386 g/mol. The van der Waals surface area contributed by atoms with E-state index in [9.17, 15) is 9.59 Å². The number of esters is 1. The predicted molar refractivity (Wildman–Crippen MR) is 93.6 cm³/mol. The SMILES string of the molecule is CC(C)(C)OC(=O)Nc1ccc(Br)c(C(=O)OC(C)(C)C)c1N. The number of carbonyl (C=O) groups is 2. The standard InChI is InChI=1S/C16H23BrN2O4/c1-15(2,3)22-13(20)11-9(17)7-8-10(12(11)18)19-14(21)23-16(4,5)6/h7-8H,18H2,1-6H3,(H,19,21). The van der Waals surface area contributed by atoms with Crippen molar-refractivity contribution >= 4 is 39.4 Å². The molecular formula is C16H23BrN2O4. The Bertz CT molecular complexity index is 616. The molecule has 0 aliphatic carbocycles. The Morgan fingerprint density at radius 3 is 2.04 bits per heavy atom. The molecule has 0 saturated heterocycles. The van der Waals surface area contributed by atoms with E-state index in [4.69, 9.17) is 15.2 Å². The number of amides is 1. The highest BCUT2D eigenvalue weighted by Crippen LogP contribution is 2.31. The summed E-state index contributed by atoms with van der Waals surface area (Å²) in [5, 5.41) is 2.54. The van der Waals surface area contributed by atoms with Gasteiger partial charge in [0.15, 0.2) is 0 Å². The summed E-state index contributed by atoms with van der Waals surface area (Å²) in [7, 11) is 0. The molecule has 3 N–H and O–H groups in total. The summed E-state index contributed by atoms with van der Waals surface area (Å²) in [5.74, 6) is -0.574. The van der Waals surface area contributed by atoms with Gasteiger partial charge in [-0.2, -0.15) is 0 Å². The van der Waals surface area contributed by atoms with Crippen molar-refractivity contribution < 1.29 is 19.1 Å². The molecule has 0 aliphatic heterocycles. The fourth-order valence-electron chi connectivity index (χ4n) is 1.65. The molecule has 0 spiro atoms. The van der Waals surface area contributed by atoms with Gasteiger partial charge in [-0.3, -0.25) is 5.32 Å². The highest BCUT2D eigenvalue weighted by molar-refractivity contribution is 9.10. The van der Waals surface area contributed by atoms with Crippen LogP contribution in [0.1, 0.15) is 51.9 Å². The Morgan fingerprint density at radius 1 is 1.04 bits per heavy atom. The van der Waals surface area contributed by atoms with E-state index in [1.807, 2.05) is 0 Å². The summed E-state index contributed by atoms with van der Waals surface area (Å²) >= 11 is 3.28. The first kappa shape index (κ1) is 19.3. The molecule has 1 aromatic rings. The zero-order valence-corrected chi connectivity index (χ0v) is 15.8. The number of benzene rings is 1. The van der Waals surface area contributed by atoms with Crippen LogP contribution in [0.25, 0.3) is 0 Å². The van der Waals surface area contributed by atoms with E-state index < -0.39 is 23.3 Å². The molecule has 0 radical (unpaired) electrons. The third kappa shape index (κ3) is 6.09. The summed E-state index contributed by atoms with van der Waals surface area (Å²) in [4.78, 5) is 24.2. The lowest BCUT2D eigenvalue weighted by Crippen LogP contribution is -2.28. The first-order valence-corrected chi connectivity index (χ1v) is 7.91. The highest BCUT2D eigenvalue weighted by atomic mass is 79.9. The maximum absolute atomic E-state index is 12.3. The molecule has 0 atom stereocenters. The van der Waals surface area contributed by atoms with Gasteiger partial charge in [0.2, 0.25) is 0 Å². The van der Waals surface area contributed by atoms with Crippen LogP contribution in [-0.4, -0.2) is 23.3 Å². The zero-order chi connectivity index (χ0) is 18.0. The maximum Gasteiger partial charge on any atom is 0.412 e. The molecule has 0 bridgehead atoms. The fraction of sp³-hybridized carbons (Fsp3) is 0.500. The second-order valence-corrected chi connectivity index (χ2v) is 7.87. The Balaban J connectivity index is 3.08. The minimum absolute atomic E-state index is 0.111. The molecule has 1 rings (SSSR count). The quantitative estimate of drug-likeness (QED) is 0.582. The van der Waals surface area contributed by atoms with Gasteiger partial charge >= 0.3 is 12.1 Å². The Labute approximate surface area is 144 Å². The van der Waals surface area contributed by atoms with Crippen LogP contribution < -0.4 is 11.1 Å². The van der Waals surface area contributed by atoms with Crippen molar-refractivity contribution in [3.8, 4) is 0 Å². The molecule has 0 unspecified atom stereocenters. The van der Waals surface area contributed by atoms with Crippen molar-refractivity contribution in [1.82, 2.24) is 0 Å². The molecule has 6 nitrogen and oxygen atoms in total. The van der Waals surface area contributed by atoms with Gasteiger partial charge in [0, 0.05) is 4.47 Å². The maximum atomic E-state index is 12.3. The fourth-order valence-corrected chi connectivity index (χ4v) is 2.16. The third-order valence-electron chi connectivity index (χ3n) is 2.43. The number of hydrogen-bond acceptors (Lipinski definition) is 5. The van der Waals surface area contributed by atoms with Crippen LogP contribution in [0.3, 0.4) is 0 Å². The van der Waals surface area contributed by atoms with Crippen LogP contribution in [0.15, 0.2) is 16.6 Å². The molecule has 0 saturated carbocycles. The molecule has 128 valence electrons. The number of nitrogens with one attached hydrogen (secondary N) is 1. The van der Waals surface area contributed by atoms with Gasteiger partial charge in [-0.1, -0.05) is 0 Å². The summed E-state index contributed by atoms with van der Waals surface area (Å²) in [6, 6.07) is 3.19. The molecule has 1 aromatic carbocycles. The van der Waals surface area contributed by atoms with Crippen LogP contribution in [-0.2, 0) is 9.47 Å². The first-order valence-electron chi connectivity index (χ1n) is 7.11. The molecular weight excluding hydrogens is 364 g/mol. The lowest BCUT2D eigenvalue weighted by atomic mass is 10.1. The second-order valence-electron chi connectivity index (χ2n) is 7.01. The normalized spacial score (nSPS) is 11.8. The number of nitrogens with two attached hydrogens (primary N) is 1. The minimum atomic E-state index is -0.655. The molecule has 0 aromatic heterocycles. The summed E-state index contributed by atoms with van der Waals surface area (Å²) in [6.07, 6.45) is -0.651. The van der Waals surface area contributed by atoms with Gasteiger partial charge in [0.25, 0.3) is 0 Å². The Kier molecular flexibility index (Phi) is 5.69. The van der Waals surface area contributed by atoms with E-state index in [0.29, 0.717) is 4.47 Å². The molecule has 7 heteroatoms. The van der Waals surface area contributed by atoms with Gasteiger partial charge in [-0.15, -0.1) is 0 Å². The zero-order valence-electron chi connectivity index (χ0n) is 14.2. The summed E-state index contributed by atoms with van der Waals surface area (Å²) in [6.45, 7) is 10.5. The number of ether oxygens (including phenoxy) is 2. The van der Waals surface area contributed by atoms with Crippen molar-refractivity contribution in [2.75, 3.05) is 11.1 Å². The Morgan fingerprint density at radius 2 is 1.57 bits per heavy atom. The molecule has 1 amide bonds. The molecule has 0 fully saturated rings. The number of rotatable bonds is 2. The lowest BCUT2D eigenvalue weighted by Gasteiger charge is -2.22. The van der Waals surface area contributed by atoms with E-state index in [1.165, 1.54) is 0 Å². The van der Waals surface area contributed by atoms with Crippen LogP contribution in [0.2, 0.25) is 0 Å². The first-order chi connectivity index (χ1) is 10.3. The van der Waals surface area contributed by atoms with Crippen molar-refractivity contribution in [3.05, 3.63) is 22.2 Å². The average molecular weight is 387 g/mol. The van der Waals surface area contributed by atoms with E-state index >= 15 is 0 Å². The number of nitrogen functional groups attached to an aromatic ring is 1. The van der Waals surface area contributed by atoms with E-state index in [2.05, 4.69) is 21.2 Å². The molecule has 0 aliphatic rings. The van der Waals surface area contributed by atoms with Gasteiger partial charge in [0.1, 0.15) is 11.2 Å². The average Bonchev–Trinajstić information content (AvgIpc) is 2.28. The van der Waals surface area contributed by atoms with Crippen molar-refractivity contribution in [3.63, 3.8) is 0 Å². The van der Waals surface area contributed by atoms with Crippen LogP contribution >= 0.6 is 15.9 Å². The Hall–Kier alpha value is -1.76. The number of anilines is 2. The third-order valence-corrected chi connectivity index (χ3v) is 3.09. The molecule has 0 heterocycles. The van der Waals surface area contributed by atoms with Crippen LogP contribution in [0.5, 0.6) is 0 Å². The summed E-state index contributed by atoms with van der Waals surface area (Å²) in [5.41, 5.74) is 5.28. The largest absolute Gasteiger partial charge is 0.456 e. The van der Waals surface area contributed by atoms with Gasteiger partial charge in [-0.25, -0.2) is 9.59 Å². The topological polar surface area (TPSA) is 90.6 Å². The second kappa shape index (κ2) is 6.78. The minimum Gasteiger partial charge on any atom is -0.456 e. The number of carbonyl (C=O) groups excluding carboxylic acids is 2. The van der Waals surface area contributed by atoms with Crippen LogP contribution in [0.4, 0.5) is 16.2 Å². The van der Waals surface area contributed by atoms with E-state index in [1.54, 1.807) is 53.7 Å². The van der Waals surface area contributed by atoms with Gasteiger partial charge in [-0.05, 0) is 69.6 Å². The number of hydrogen-bond donors (Lipinski definition) is 2. The summed E-state index contributed by atoms with van der Waals surface area (Å²) < 4.78 is 11.0. The van der Waals surface area contributed by atoms with Crippen molar-refractivity contribution in [2.24, 2.45) is 0 Å². The highest BCUT2D eigenvalue weighted by Gasteiger charge is 2.24. The van der Waals surface area contributed by atoms with Gasteiger partial charge < -0.3 is 15.2 Å². The van der Waals surface area contributed by atoms with E-state index in [-0.39, 0.29) is 16.9 Å². The molecule has 23 heavy (non-hydrogen) atoms. The van der Waals surface area contributed by atoms with Crippen LogP contribution in [0, 0.1) is 0 Å². The lowest BCUT2D eigenvalue weighted by molar-refractivity contribution is 0.00694. The van der Waals surface area contributed by atoms with Gasteiger partial charge in [0.05, 0.1) is 16.9 Å².